The SMILES string of the molecule is COCCNc1ncc(C(=O)Nc2cc(C(=O)OC)ccc2Cl)cn1. The van der Waals surface area contributed by atoms with Crippen molar-refractivity contribution in [3.05, 3.63) is 46.7 Å². The number of esters is 1. The Morgan fingerprint density at radius 2 is 1.88 bits per heavy atom. The maximum atomic E-state index is 12.3. The van der Waals surface area contributed by atoms with Gasteiger partial charge in [0.15, 0.2) is 0 Å². The van der Waals surface area contributed by atoms with E-state index >= 15 is 0 Å². The zero-order valence-electron chi connectivity index (χ0n) is 13.7. The summed E-state index contributed by atoms with van der Waals surface area (Å²) in [6, 6.07) is 4.45. The molecule has 2 rings (SSSR count). The van der Waals surface area contributed by atoms with E-state index in [1.54, 1.807) is 7.11 Å². The summed E-state index contributed by atoms with van der Waals surface area (Å²) in [6.45, 7) is 1.07. The molecule has 0 radical (unpaired) electrons. The lowest BCUT2D eigenvalue weighted by Gasteiger charge is -2.09. The van der Waals surface area contributed by atoms with Crippen LogP contribution in [0.2, 0.25) is 5.02 Å². The van der Waals surface area contributed by atoms with Gasteiger partial charge in [-0.15, -0.1) is 0 Å². The molecule has 0 spiro atoms. The molecule has 0 saturated heterocycles. The quantitative estimate of drug-likeness (QED) is 0.573. The Morgan fingerprint density at radius 3 is 2.52 bits per heavy atom. The molecule has 0 fully saturated rings. The molecule has 1 amide bonds. The van der Waals surface area contributed by atoms with Crippen LogP contribution in [0.4, 0.5) is 11.6 Å². The standard InChI is InChI=1S/C16H17ClN4O4/c1-24-6-5-18-16-19-8-11(9-20-16)14(22)21-13-7-10(15(23)25-2)3-4-12(13)17/h3-4,7-9H,5-6H2,1-2H3,(H,21,22)(H,18,19,20). The second-order valence-electron chi connectivity index (χ2n) is 4.86. The van der Waals surface area contributed by atoms with Gasteiger partial charge in [0.2, 0.25) is 5.95 Å². The molecular formula is C16H17ClN4O4. The minimum absolute atomic E-state index is 0.247. The number of nitrogens with one attached hydrogen (secondary N) is 2. The maximum Gasteiger partial charge on any atom is 0.337 e. The second kappa shape index (κ2) is 8.95. The third kappa shape index (κ3) is 5.13. The van der Waals surface area contributed by atoms with Crippen molar-refractivity contribution < 1.29 is 19.1 Å². The fourth-order valence-corrected chi connectivity index (χ4v) is 2.03. The number of carbonyl (C=O) groups is 2. The first-order chi connectivity index (χ1) is 12.0. The molecular weight excluding hydrogens is 348 g/mol. The highest BCUT2D eigenvalue weighted by atomic mass is 35.5. The number of amides is 1. The van der Waals surface area contributed by atoms with Crippen LogP contribution in [-0.4, -0.2) is 49.2 Å². The number of hydrogen-bond acceptors (Lipinski definition) is 7. The molecule has 1 heterocycles. The van der Waals surface area contributed by atoms with E-state index in [-0.39, 0.29) is 16.8 Å². The summed E-state index contributed by atoms with van der Waals surface area (Å²) in [4.78, 5) is 31.9. The number of methoxy groups -OCH3 is 2. The number of anilines is 2. The monoisotopic (exact) mass is 364 g/mol. The Labute approximate surface area is 149 Å². The topological polar surface area (TPSA) is 102 Å². The van der Waals surface area contributed by atoms with E-state index in [4.69, 9.17) is 16.3 Å². The fourth-order valence-electron chi connectivity index (χ4n) is 1.86. The first-order valence-corrected chi connectivity index (χ1v) is 7.67. The van der Waals surface area contributed by atoms with E-state index in [2.05, 4.69) is 25.3 Å². The second-order valence-corrected chi connectivity index (χ2v) is 5.26. The molecule has 2 N–H and O–H groups in total. The molecule has 2 aromatic rings. The number of nitrogens with zero attached hydrogens (tertiary/aromatic N) is 2. The first-order valence-electron chi connectivity index (χ1n) is 7.29. The van der Waals surface area contributed by atoms with Gasteiger partial charge in [-0.25, -0.2) is 14.8 Å². The Morgan fingerprint density at radius 1 is 1.16 bits per heavy atom. The van der Waals surface area contributed by atoms with Gasteiger partial charge < -0.3 is 20.1 Å². The molecule has 0 aliphatic rings. The number of ether oxygens (including phenoxy) is 2. The Balaban J connectivity index is 2.07. The van der Waals surface area contributed by atoms with Crippen LogP contribution in [0.1, 0.15) is 20.7 Å². The smallest absolute Gasteiger partial charge is 0.337 e. The number of carbonyl (C=O) groups excluding carboxylic acids is 2. The predicted octanol–water partition coefficient (Wildman–Crippen LogP) is 2.23. The summed E-state index contributed by atoms with van der Waals surface area (Å²) >= 11 is 6.05. The van der Waals surface area contributed by atoms with Gasteiger partial charge in [0.1, 0.15) is 0 Å². The van der Waals surface area contributed by atoms with Crippen LogP contribution in [0, 0.1) is 0 Å². The molecule has 8 nitrogen and oxygen atoms in total. The van der Waals surface area contributed by atoms with E-state index in [9.17, 15) is 9.59 Å². The lowest BCUT2D eigenvalue weighted by Crippen LogP contribution is -2.15. The van der Waals surface area contributed by atoms with E-state index in [0.29, 0.717) is 24.1 Å². The van der Waals surface area contributed by atoms with E-state index in [1.807, 2.05) is 0 Å². The van der Waals surface area contributed by atoms with Crippen LogP contribution in [0.5, 0.6) is 0 Å². The summed E-state index contributed by atoms with van der Waals surface area (Å²) in [5.74, 6) is -0.589. The molecule has 1 aromatic carbocycles. The van der Waals surface area contributed by atoms with Gasteiger partial charge in [-0.3, -0.25) is 4.79 Å². The van der Waals surface area contributed by atoms with Crippen molar-refractivity contribution in [1.29, 1.82) is 0 Å². The van der Waals surface area contributed by atoms with Crippen LogP contribution in [0.3, 0.4) is 0 Å². The third-order valence-electron chi connectivity index (χ3n) is 3.14. The molecule has 0 bridgehead atoms. The number of rotatable bonds is 7. The number of aromatic nitrogens is 2. The van der Waals surface area contributed by atoms with Crippen molar-refractivity contribution in [1.82, 2.24) is 9.97 Å². The van der Waals surface area contributed by atoms with Gasteiger partial charge in [0.05, 0.1) is 35.6 Å². The summed E-state index contributed by atoms with van der Waals surface area (Å²) in [7, 11) is 2.87. The largest absolute Gasteiger partial charge is 0.465 e. The van der Waals surface area contributed by atoms with E-state index in [0.717, 1.165) is 0 Å². The molecule has 132 valence electrons. The Bertz CT molecular complexity index is 752. The van der Waals surface area contributed by atoms with Crippen LogP contribution in [-0.2, 0) is 9.47 Å². The van der Waals surface area contributed by atoms with Crippen molar-refractivity contribution >= 4 is 35.1 Å². The third-order valence-corrected chi connectivity index (χ3v) is 3.47. The highest BCUT2D eigenvalue weighted by Crippen LogP contribution is 2.24. The number of hydrogen-bond donors (Lipinski definition) is 2. The summed E-state index contributed by atoms with van der Waals surface area (Å²) in [6.07, 6.45) is 2.77. The van der Waals surface area contributed by atoms with Crippen molar-refractivity contribution in [3.63, 3.8) is 0 Å². The average Bonchev–Trinajstić information content (AvgIpc) is 2.63. The molecule has 0 unspecified atom stereocenters. The first kappa shape index (κ1) is 18.6. The zero-order chi connectivity index (χ0) is 18.2. The number of halogens is 1. The van der Waals surface area contributed by atoms with Crippen molar-refractivity contribution in [2.45, 2.75) is 0 Å². The van der Waals surface area contributed by atoms with Crippen LogP contribution >= 0.6 is 11.6 Å². The summed E-state index contributed by atoms with van der Waals surface area (Å²) < 4.78 is 9.55. The van der Waals surface area contributed by atoms with Crippen molar-refractivity contribution in [2.24, 2.45) is 0 Å². The van der Waals surface area contributed by atoms with Crippen molar-refractivity contribution in [3.8, 4) is 0 Å². The van der Waals surface area contributed by atoms with Gasteiger partial charge in [0, 0.05) is 26.0 Å². The van der Waals surface area contributed by atoms with Crippen LogP contribution in [0.25, 0.3) is 0 Å². The molecule has 0 atom stereocenters. The zero-order valence-corrected chi connectivity index (χ0v) is 14.5. The molecule has 1 aromatic heterocycles. The normalized spacial score (nSPS) is 10.2. The van der Waals surface area contributed by atoms with Crippen molar-refractivity contribution in [2.75, 3.05) is 38.0 Å². The molecule has 0 aliphatic carbocycles. The Kier molecular flexibility index (Phi) is 6.67. The Hall–Kier alpha value is -2.71. The predicted molar refractivity (Wildman–Crippen MR) is 93.1 cm³/mol. The molecule has 0 saturated carbocycles. The number of benzene rings is 1. The van der Waals surface area contributed by atoms with Gasteiger partial charge in [-0.05, 0) is 18.2 Å². The van der Waals surface area contributed by atoms with Crippen LogP contribution in [0.15, 0.2) is 30.6 Å². The van der Waals surface area contributed by atoms with Gasteiger partial charge in [-0.1, -0.05) is 11.6 Å². The average molecular weight is 365 g/mol. The van der Waals surface area contributed by atoms with E-state index < -0.39 is 11.9 Å². The van der Waals surface area contributed by atoms with Gasteiger partial charge in [-0.2, -0.15) is 0 Å². The fraction of sp³-hybridized carbons (Fsp3) is 0.250. The molecule has 25 heavy (non-hydrogen) atoms. The van der Waals surface area contributed by atoms with Gasteiger partial charge in [0.25, 0.3) is 5.91 Å². The minimum Gasteiger partial charge on any atom is -0.465 e. The van der Waals surface area contributed by atoms with Gasteiger partial charge >= 0.3 is 5.97 Å². The highest BCUT2D eigenvalue weighted by Gasteiger charge is 2.13. The maximum absolute atomic E-state index is 12.3. The lowest BCUT2D eigenvalue weighted by atomic mass is 10.2. The summed E-state index contributed by atoms with van der Waals surface area (Å²) in [5, 5.41) is 5.86. The van der Waals surface area contributed by atoms with Crippen LogP contribution < -0.4 is 10.6 Å². The van der Waals surface area contributed by atoms with E-state index in [1.165, 1.54) is 37.7 Å². The molecule has 0 aliphatic heterocycles. The molecule has 9 heteroatoms. The minimum atomic E-state index is -0.526. The summed E-state index contributed by atoms with van der Waals surface area (Å²) in [5.41, 5.74) is 0.810. The highest BCUT2D eigenvalue weighted by molar-refractivity contribution is 6.34. The lowest BCUT2D eigenvalue weighted by molar-refractivity contribution is 0.0600.